The van der Waals surface area contributed by atoms with E-state index in [4.69, 9.17) is 9.84 Å². The summed E-state index contributed by atoms with van der Waals surface area (Å²) in [5.41, 5.74) is 0.416. The van der Waals surface area contributed by atoms with Gasteiger partial charge >= 0.3 is 5.97 Å². The topological polar surface area (TPSA) is 66.8 Å². The number of rotatable bonds is 6. The number of ether oxygens (including phenoxy) is 1. The molecule has 0 spiro atoms. The van der Waals surface area contributed by atoms with Gasteiger partial charge in [0.05, 0.1) is 18.9 Å². The predicted molar refractivity (Wildman–Crippen MR) is 77.6 cm³/mol. The Hall–Kier alpha value is -2.02. The Labute approximate surface area is 132 Å². The van der Waals surface area contributed by atoms with Crippen LogP contribution in [0.5, 0.6) is 0 Å². The number of hydrogen-bond donors (Lipinski definition) is 1. The fourth-order valence-electron chi connectivity index (χ4n) is 2.55. The van der Waals surface area contributed by atoms with Gasteiger partial charge in [-0.15, -0.1) is 0 Å². The molecular weight excluding hydrogens is 308 g/mol. The summed E-state index contributed by atoms with van der Waals surface area (Å²) < 4.78 is 31.6. The first kappa shape index (κ1) is 17.3. The van der Waals surface area contributed by atoms with Crippen molar-refractivity contribution in [3.05, 3.63) is 35.4 Å². The molecule has 126 valence electrons. The first-order valence-corrected chi connectivity index (χ1v) is 7.49. The molecule has 0 aliphatic carbocycles. The van der Waals surface area contributed by atoms with Crippen molar-refractivity contribution in [2.75, 3.05) is 19.8 Å². The van der Waals surface area contributed by atoms with Crippen LogP contribution in [0.25, 0.3) is 0 Å². The second kappa shape index (κ2) is 8.01. The summed E-state index contributed by atoms with van der Waals surface area (Å²) >= 11 is 0. The molecule has 7 heteroatoms. The van der Waals surface area contributed by atoms with Crippen LogP contribution < -0.4 is 0 Å². The molecule has 1 N–H and O–H groups in total. The minimum Gasteiger partial charge on any atom is -0.481 e. The van der Waals surface area contributed by atoms with E-state index in [-0.39, 0.29) is 31.3 Å². The van der Waals surface area contributed by atoms with Crippen molar-refractivity contribution in [1.82, 2.24) is 4.90 Å². The maximum absolute atomic E-state index is 13.3. The van der Waals surface area contributed by atoms with Crippen LogP contribution in [-0.4, -0.2) is 41.6 Å². The Morgan fingerprint density at radius 3 is 2.70 bits per heavy atom. The first-order valence-electron chi connectivity index (χ1n) is 7.49. The van der Waals surface area contributed by atoms with Gasteiger partial charge in [-0.25, -0.2) is 8.78 Å². The zero-order valence-corrected chi connectivity index (χ0v) is 12.6. The molecular formula is C16H19F2NO4. The first-order chi connectivity index (χ1) is 11.0. The van der Waals surface area contributed by atoms with Crippen molar-refractivity contribution in [2.24, 2.45) is 5.92 Å². The summed E-state index contributed by atoms with van der Waals surface area (Å²) in [5.74, 6) is -3.50. The Morgan fingerprint density at radius 2 is 2.09 bits per heavy atom. The molecule has 0 saturated carbocycles. The van der Waals surface area contributed by atoms with Crippen molar-refractivity contribution in [3.8, 4) is 0 Å². The van der Waals surface area contributed by atoms with Crippen LogP contribution in [0, 0.1) is 17.6 Å². The average Bonchev–Trinajstić information content (AvgIpc) is 2.54. The van der Waals surface area contributed by atoms with Crippen molar-refractivity contribution in [3.63, 3.8) is 0 Å². The number of carbonyl (C=O) groups is 2. The average molecular weight is 327 g/mol. The van der Waals surface area contributed by atoms with E-state index in [1.165, 1.54) is 11.0 Å². The molecule has 1 amide bonds. The lowest BCUT2D eigenvalue weighted by Gasteiger charge is -2.29. The molecule has 1 aliphatic rings. The highest BCUT2D eigenvalue weighted by Crippen LogP contribution is 2.19. The van der Waals surface area contributed by atoms with Crippen LogP contribution >= 0.6 is 0 Å². The van der Waals surface area contributed by atoms with Crippen LogP contribution in [0.15, 0.2) is 18.2 Å². The molecule has 1 heterocycles. The maximum Gasteiger partial charge on any atom is 0.305 e. The molecule has 0 aromatic heterocycles. The van der Waals surface area contributed by atoms with Crippen molar-refractivity contribution >= 4 is 11.9 Å². The number of hydrogen-bond acceptors (Lipinski definition) is 3. The van der Waals surface area contributed by atoms with Crippen LogP contribution in [0.2, 0.25) is 0 Å². The number of amides is 1. The Balaban J connectivity index is 2.10. The van der Waals surface area contributed by atoms with E-state index < -0.39 is 17.6 Å². The standard InChI is InChI=1S/C16H19F2NO4/c17-13-4-3-11(8-14(13)18)9-19(6-5-15(20)21)16(22)12-2-1-7-23-10-12/h3-4,8,12H,1-2,5-7,9-10H2,(H,20,21)/t12-/m0/s1. The van der Waals surface area contributed by atoms with Gasteiger partial charge in [-0.2, -0.15) is 0 Å². The summed E-state index contributed by atoms with van der Waals surface area (Å²) in [6.45, 7) is 0.978. The third-order valence-corrected chi connectivity index (χ3v) is 3.77. The highest BCUT2D eigenvalue weighted by atomic mass is 19.2. The summed E-state index contributed by atoms with van der Waals surface area (Å²) in [7, 11) is 0. The Bertz CT molecular complexity index is 573. The SMILES string of the molecule is O=C(O)CCN(Cc1ccc(F)c(F)c1)C(=O)[C@H]1CCCOC1. The van der Waals surface area contributed by atoms with Gasteiger partial charge in [-0.1, -0.05) is 6.07 Å². The summed E-state index contributed by atoms with van der Waals surface area (Å²) in [5, 5.41) is 8.83. The number of carbonyl (C=O) groups excluding carboxylic acids is 1. The molecule has 1 aromatic carbocycles. The van der Waals surface area contributed by atoms with Crippen LogP contribution in [0.3, 0.4) is 0 Å². The molecule has 1 saturated heterocycles. The number of benzene rings is 1. The van der Waals surface area contributed by atoms with Crippen LogP contribution in [0.1, 0.15) is 24.8 Å². The largest absolute Gasteiger partial charge is 0.481 e. The second-order valence-corrected chi connectivity index (χ2v) is 5.57. The Morgan fingerprint density at radius 1 is 1.30 bits per heavy atom. The van der Waals surface area contributed by atoms with Gasteiger partial charge in [-0.05, 0) is 30.5 Å². The highest BCUT2D eigenvalue weighted by molar-refractivity contribution is 5.79. The fourth-order valence-corrected chi connectivity index (χ4v) is 2.55. The lowest BCUT2D eigenvalue weighted by Crippen LogP contribution is -2.40. The molecule has 23 heavy (non-hydrogen) atoms. The number of nitrogens with zero attached hydrogens (tertiary/aromatic N) is 1. The van der Waals surface area contributed by atoms with E-state index in [0.717, 1.165) is 18.6 Å². The molecule has 1 atom stereocenters. The minimum absolute atomic E-state index is 0.0175. The zero-order chi connectivity index (χ0) is 16.8. The monoisotopic (exact) mass is 327 g/mol. The van der Waals surface area contributed by atoms with Gasteiger partial charge in [0.25, 0.3) is 0 Å². The third-order valence-electron chi connectivity index (χ3n) is 3.77. The maximum atomic E-state index is 13.3. The normalized spacial score (nSPS) is 17.7. The zero-order valence-electron chi connectivity index (χ0n) is 12.6. The summed E-state index contributed by atoms with van der Waals surface area (Å²) in [4.78, 5) is 24.7. The van der Waals surface area contributed by atoms with Gasteiger partial charge in [0.1, 0.15) is 0 Å². The number of aliphatic carboxylic acids is 1. The van der Waals surface area contributed by atoms with Crippen molar-refractivity contribution in [2.45, 2.75) is 25.8 Å². The Kier molecular flexibility index (Phi) is 6.04. The summed E-state index contributed by atoms with van der Waals surface area (Å²) in [6, 6.07) is 3.40. The molecule has 5 nitrogen and oxygen atoms in total. The molecule has 1 aliphatic heterocycles. The van der Waals surface area contributed by atoms with E-state index in [2.05, 4.69) is 0 Å². The van der Waals surface area contributed by atoms with Crippen molar-refractivity contribution in [1.29, 1.82) is 0 Å². The fraction of sp³-hybridized carbons (Fsp3) is 0.500. The van der Waals surface area contributed by atoms with E-state index in [1.807, 2.05) is 0 Å². The second-order valence-electron chi connectivity index (χ2n) is 5.57. The molecule has 2 rings (SSSR count). The van der Waals surface area contributed by atoms with E-state index >= 15 is 0 Å². The molecule has 0 unspecified atom stereocenters. The van der Waals surface area contributed by atoms with Gasteiger partial charge in [-0.3, -0.25) is 9.59 Å². The number of halogens is 2. The van der Waals surface area contributed by atoms with Crippen LogP contribution in [0.4, 0.5) is 8.78 Å². The lowest BCUT2D eigenvalue weighted by atomic mass is 10.00. The quantitative estimate of drug-likeness (QED) is 0.870. The minimum atomic E-state index is -1.02. The number of carboxylic acid groups (broad SMARTS) is 1. The van der Waals surface area contributed by atoms with Crippen LogP contribution in [-0.2, 0) is 20.9 Å². The van der Waals surface area contributed by atoms with Gasteiger partial charge in [0.15, 0.2) is 11.6 Å². The van der Waals surface area contributed by atoms with E-state index in [9.17, 15) is 18.4 Å². The van der Waals surface area contributed by atoms with Gasteiger partial charge in [0.2, 0.25) is 5.91 Å². The predicted octanol–water partition coefficient (Wildman–Crippen LogP) is 2.19. The van der Waals surface area contributed by atoms with E-state index in [1.54, 1.807) is 0 Å². The molecule has 1 fully saturated rings. The number of carboxylic acids is 1. The molecule has 1 aromatic rings. The van der Waals surface area contributed by atoms with Crippen molar-refractivity contribution < 1.29 is 28.2 Å². The third kappa shape index (κ3) is 4.99. The molecule has 0 bridgehead atoms. The smallest absolute Gasteiger partial charge is 0.305 e. The van der Waals surface area contributed by atoms with E-state index in [0.29, 0.717) is 25.2 Å². The highest BCUT2D eigenvalue weighted by Gasteiger charge is 2.27. The van der Waals surface area contributed by atoms with Gasteiger partial charge < -0.3 is 14.7 Å². The lowest BCUT2D eigenvalue weighted by molar-refractivity contribution is -0.142. The molecule has 0 radical (unpaired) electrons. The summed E-state index contributed by atoms with van der Waals surface area (Å²) in [6.07, 6.45) is 1.25. The van der Waals surface area contributed by atoms with Gasteiger partial charge in [0, 0.05) is 19.7 Å².